The minimum absolute atomic E-state index is 0.247. The summed E-state index contributed by atoms with van der Waals surface area (Å²) in [4.78, 5) is 0. The second-order valence-electron chi connectivity index (χ2n) is 4.54. The van der Waals surface area contributed by atoms with Gasteiger partial charge in [0.2, 0.25) is 0 Å². The third-order valence-electron chi connectivity index (χ3n) is 3.35. The maximum absolute atomic E-state index is 9.44. The number of aliphatic hydroxyl groups is 1. The third kappa shape index (κ3) is 1.95. The Morgan fingerprint density at radius 3 is 2.71 bits per heavy atom. The summed E-state index contributed by atoms with van der Waals surface area (Å²) in [6, 6.07) is 0. The molecule has 2 atom stereocenters. The lowest BCUT2D eigenvalue weighted by Gasteiger charge is -2.39. The Balaban J connectivity index is 2.02. The van der Waals surface area contributed by atoms with E-state index in [0.29, 0.717) is 5.92 Å². The molecule has 3 heteroatoms. The van der Waals surface area contributed by atoms with E-state index in [1.54, 1.807) is 0 Å². The SMILES string of the molecule is CC(O)CC1CCCCC12OCCO2. The maximum Gasteiger partial charge on any atom is 0.171 e. The van der Waals surface area contributed by atoms with Crippen LogP contribution in [0, 0.1) is 5.92 Å². The summed E-state index contributed by atoms with van der Waals surface area (Å²) in [5.74, 6) is 0.0497. The lowest BCUT2D eigenvalue weighted by molar-refractivity contribution is -0.217. The molecule has 1 saturated heterocycles. The number of aliphatic hydroxyl groups excluding tert-OH is 1. The minimum Gasteiger partial charge on any atom is -0.393 e. The molecule has 2 fully saturated rings. The van der Waals surface area contributed by atoms with Crippen LogP contribution in [0.3, 0.4) is 0 Å². The summed E-state index contributed by atoms with van der Waals surface area (Å²) in [5, 5.41) is 9.44. The third-order valence-corrected chi connectivity index (χ3v) is 3.35. The molecule has 1 heterocycles. The van der Waals surface area contributed by atoms with Gasteiger partial charge < -0.3 is 14.6 Å². The van der Waals surface area contributed by atoms with E-state index in [1.807, 2.05) is 6.92 Å². The topological polar surface area (TPSA) is 38.7 Å². The maximum atomic E-state index is 9.44. The minimum atomic E-state index is -0.338. The number of hydrogen-bond acceptors (Lipinski definition) is 3. The summed E-state index contributed by atoms with van der Waals surface area (Å²) in [7, 11) is 0. The van der Waals surface area contributed by atoms with Crippen LogP contribution in [0.4, 0.5) is 0 Å². The van der Waals surface area contributed by atoms with Crippen LogP contribution in [0.15, 0.2) is 0 Å². The van der Waals surface area contributed by atoms with Gasteiger partial charge in [0.1, 0.15) is 0 Å². The van der Waals surface area contributed by atoms with Crippen molar-refractivity contribution in [3.8, 4) is 0 Å². The molecule has 0 aromatic carbocycles. The first-order valence-electron chi connectivity index (χ1n) is 5.69. The van der Waals surface area contributed by atoms with Crippen LogP contribution in [-0.2, 0) is 9.47 Å². The zero-order valence-electron chi connectivity index (χ0n) is 8.87. The zero-order chi connectivity index (χ0) is 10.0. The number of rotatable bonds is 2. The van der Waals surface area contributed by atoms with Gasteiger partial charge in [0.25, 0.3) is 0 Å². The van der Waals surface area contributed by atoms with Crippen molar-refractivity contribution in [3.05, 3.63) is 0 Å². The van der Waals surface area contributed by atoms with Crippen molar-refractivity contribution in [1.82, 2.24) is 0 Å². The van der Waals surface area contributed by atoms with Crippen LogP contribution >= 0.6 is 0 Å². The van der Waals surface area contributed by atoms with E-state index in [1.165, 1.54) is 12.8 Å². The van der Waals surface area contributed by atoms with Gasteiger partial charge in [-0.1, -0.05) is 6.42 Å². The normalized spacial score (nSPS) is 33.4. The quantitative estimate of drug-likeness (QED) is 0.737. The Morgan fingerprint density at radius 2 is 2.07 bits per heavy atom. The van der Waals surface area contributed by atoms with Gasteiger partial charge in [-0.05, 0) is 26.2 Å². The van der Waals surface area contributed by atoms with E-state index in [9.17, 15) is 5.11 Å². The van der Waals surface area contributed by atoms with Crippen LogP contribution in [0.2, 0.25) is 0 Å². The van der Waals surface area contributed by atoms with Crippen molar-refractivity contribution < 1.29 is 14.6 Å². The summed E-state index contributed by atoms with van der Waals surface area (Å²) in [6.45, 7) is 3.28. The van der Waals surface area contributed by atoms with Gasteiger partial charge in [-0.15, -0.1) is 0 Å². The van der Waals surface area contributed by atoms with Crippen LogP contribution in [0.5, 0.6) is 0 Å². The van der Waals surface area contributed by atoms with Gasteiger partial charge in [0.05, 0.1) is 19.3 Å². The van der Waals surface area contributed by atoms with E-state index >= 15 is 0 Å². The summed E-state index contributed by atoms with van der Waals surface area (Å²) in [5.41, 5.74) is 0. The molecule has 2 rings (SSSR count). The van der Waals surface area contributed by atoms with Crippen molar-refractivity contribution in [2.24, 2.45) is 5.92 Å². The van der Waals surface area contributed by atoms with Crippen LogP contribution in [0.25, 0.3) is 0 Å². The molecule has 1 saturated carbocycles. The van der Waals surface area contributed by atoms with Gasteiger partial charge >= 0.3 is 0 Å². The summed E-state index contributed by atoms with van der Waals surface area (Å²) < 4.78 is 11.5. The monoisotopic (exact) mass is 200 g/mol. The molecular formula is C11H20O3. The smallest absolute Gasteiger partial charge is 0.171 e. The van der Waals surface area contributed by atoms with Gasteiger partial charge in [-0.3, -0.25) is 0 Å². The van der Waals surface area contributed by atoms with Gasteiger partial charge in [-0.2, -0.15) is 0 Å². The highest BCUT2D eigenvalue weighted by atomic mass is 16.7. The molecule has 2 aliphatic rings. The van der Waals surface area contributed by atoms with E-state index < -0.39 is 0 Å². The standard InChI is InChI=1S/C11H20O3/c1-9(12)8-10-4-2-3-5-11(10)13-6-7-14-11/h9-10,12H,2-8H2,1H3. The first kappa shape index (κ1) is 10.4. The van der Waals surface area contributed by atoms with Crippen molar-refractivity contribution in [2.45, 2.75) is 50.9 Å². The van der Waals surface area contributed by atoms with Gasteiger partial charge in [-0.25, -0.2) is 0 Å². The Bertz CT molecular complexity index is 185. The average Bonchev–Trinajstić information content (AvgIpc) is 2.58. The molecule has 1 spiro atoms. The van der Waals surface area contributed by atoms with Crippen LogP contribution in [0.1, 0.15) is 39.0 Å². The molecule has 0 radical (unpaired) electrons. The predicted octanol–water partition coefficient (Wildman–Crippen LogP) is 1.69. The lowest BCUT2D eigenvalue weighted by atomic mass is 9.80. The van der Waals surface area contributed by atoms with E-state index in [0.717, 1.165) is 32.5 Å². The molecule has 3 nitrogen and oxygen atoms in total. The molecule has 2 unspecified atom stereocenters. The van der Waals surface area contributed by atoms with Crippen molar-refractivity contribution in [1.29, 1.82) is 0 Å². The summed E-state index contributed by atoms with van der Waals surface area (Å²) >= 11 is 0. The molecule has 1 aliphatic carbocycles. The van der Waals surface area contributed by atoms with E-state index in [-0.39, 0.29) is 11.9 Å². The van der Waals surface area contributed by atoms with Gasteiger partial charge in [0.15, 0.2) is 5.79 Å². The van der Waals surface area contributed by atoms with Crippen LogP contribution in [-0.4, -0.2) is 30.2 Å². The van der Waals surface area contributed by atoms with Crippen molar-refractivity contribution >= 4 is 0 Å². The fraction of sp³-hybridized carbons (Fsp3) is 1.00. The molecule has 1 N–H and O–H groups in total. The van der Waals surface area contributed by atoms with Crippen molar-refractivity contribution in [3.63, 3.8) is 0 Å². The van der Waals surface area contributed by atoms with E-state index in [2.05, 4.69) is 0 Å². The molecule has 0 aromatic rings. The molecule has 0 bridgehead atoms. The second kappa shape index (κ2) is 4.17. The molecule has 1 aliphatic heterocycles. The highest BCUT2D eigenvalue weighted by molar-refractivity contribution is 4.87. The fourth-order valence-electron chi connectivity index (χ4n) is 2.75. The molecule has 14 heavy (non-hydrogen) atoms. The molecule has 82 valence electrons. The Morgan fingerprint density at radius 1 is 1.36 bits per heavy atom. The number of hydrogen-bond donors (Lipinski definition) is 1. The largest absolute Gasteiger partial charge is 0.393 e. The summed E-state index contributed by atoms with van der Waals surface area (Å²) in [6.07, 6.45) is 5.13. The Kier molecular flexibility index (Phi) is 3.10. The van der Waals surface area contributed by atoms with E-state index in [4.69, 9.17) is 9.47 Å². The van der Waals surface area contributed by atoms with Crippen LogP contribution < -0.4 is 0 Å². The Labute approximate surface area is 85.4 Å². The predicted molar refractivity (Wildman–Crippen MR) is 52.9 cm³/mol. The highest BCUT2D eigenvalue weighted by Gasteiger charge is 2.45. The van der Waals surface area contributed by atoms with Gasteiger partial charge in [0, 0.05) is 12.3 Å². The lowest BCUT2D eigenvalue weighted by Crippen LogP contribution is -2.43. The average molecular weight is 200 g/mol. The van der Waals surface area contributed by atoms with Crippen molar-refractivity contribution in [2.75, 3.05) is 13.2 Å². The highest BCUT2D eigenvalue weighted by Crippen LogP contribution is 2.42. The second-order valence-corrected chi connectivity index (χ2v) is 4.54. The first-order chi connectivity index (χ1) is 6.73. The first-order valence-corrected chi connectivity index (χ1v) is 5.69. The zero-order valence-corrected chi connectivity index (χ0v) is 8.87. The fourth-order valence-corrected chi connectivity index (χ4v) is 2.75. The number of ether oxygens (including phenoxy) is 2. The Hall–Kier alpha value is -0.120. The molecule has 0 amide bonds. The molecule has 0 aromatic heterocycles. The molecular weight excluding hydrogens is 180 g/mol.